The number of aryl methyl sites for hydroxylation is 3. The minimum atomic E-state index is 0.793. The predicted octanol–water partition coefficient (Wildman–Crippen LogP) is 2.51. The average molecular weight is 258 g/mol. The van der Waals surface area contributed by atoms with Gasteiger partial charge in [-0.3, -0.25) is 4.68 Å². The molecule has 0 amide bonds. The lowest BCUT2D eigenvalue weighted by atomic mass is 10.1. The third-order valence-electron chi connectivity index (χ3n) is 3.49. The van der Waals surface area contributed by atoms with Crippen molar-refractivity contribution in [1.29, 1.82) is 0 Å². The van der Waals surface area contributed by atoms with Crippen molar-refractivity contribution < 1.29 is 0 Å². The summed E-state index contributed by atoms with van der Waals surface area (Å²) in [5.74, 6) is 0.986. The van der Waals surface area contributed by atoms with E-state index in [1.165, 1.54) is 11.1 Å². The van der Waals surface area contributed by atoms with E-state index < -0.39 is 0 Å². The second kappa shape index (κ2) is 5.34. The Bertz CT molecular complexity index is 572. The molecule has 19 heavy (non-hydrogen) atoms. The minimum Gasteiger partial charge on any atom is -0.394 e. The fourth-order valence-corrected chi connectivity index (χ4v) is 2.42. The maximum atomic E-state index is 6.18. The van der Waals surface area contributed by atoms with Crippen LogP contribution in [0.5, 0.6) is 0 Å². The number of nitrogens with zero attached hydrogens (tertiary/aromatic N) is 3. The molecule has 2 N–H and O–H groups in total. The van der Waals surface area contributed by atoms with Crippen molar-refractivity contribution >= 4 is 11.5 Å². The zero-order chi connectivity index (χ0) is 14.0. The molecular formula is C15H22N4. The van der Waals surface area contributed by atoms with Gasteiger partial charge in [0.1, 0.15) is 5.82 Å². The lowest BCUT2D eigenvalue weighted by Crippen LogP contribution is -2.21. The first-order chi connectivity index (χ1) is 9.04. The van der Waals surface area contributed by atoms with E-state index in [1.54, 1.807) is 0 Å². The van der Waals surface area contributed by atoms with Crippen LogP contribution < -0.4 is 10.6 Å². The topological polar surface area (TPSA) is 47.1 Å². The summed E-state index contributed by atoms with van der Waals surface area (Å²) in [5, 5.41) is 4.46. The second-order valence-electron chi connectivity index (χ2n) is 4.94. The van der Waals surface area contributed by atoms with Gasteiger partial charge in [0.15, 0.2) is 0 Å². The quantitative estimate of drug-likeness (QED) is 0.916. The van der Waals surface area contributed by atoms with E-state index >= 15 is 0 Å². The predicted molar refractivity (Wildman–Crippen MR) is 80.3 cm³/mol. The van der Waals surface area contributed by atoms with Gasteiger partial charge in [-0.15, -0.1) is 0 Å². The third kappa shape index (κ3) is 2.57. The molecule has 2 aromatic rings. The molecule has 1 aromatic heterocycles. The number of benzene rings is 1. The molecule has 102 valence electrons. The van der Waals surface area contributed by atoms with Crippen LogP contribution in [-0.4, -0.2) is 16.8 Å². The Hall–Kier alpha value is -1.97. The third-order valence-corrected chi connectivity index (χ3v) is 3.49. The Morgan fingerprint density at radius 3 is 2.58 bits per heavy atom. The van der Waals surface area contributed by atoms with Gasteiger partial charge >= 0.3 is 0 Å². The number of hydrogen-bond acceptors (Lipinski definition) is 3. The van der Waals surface area contributed by atoms with Crippen molar-refractivity contribution in [3.63, 3.8) is 0 Å². The lowest BCUT2D eigenvalue weighted by molar-refractivity contribution is 0.719. The van der Waals surface area contributed by atoms with Gasteiger partial charge in [0.2, 0.25) is 0 Å². The van der Waals surface area contributed by atoms with Gasteiger partial charge in [-0.25, -0.2) is 0 Å². The van der Waals surface area contributed by atoms with Gasteiger partial charge in [0, 0.05) is 20.6 Å². The molecule has 0 aliphatic rings. The summed E-state index contributed by atoms with van der Waals surface area (Å²) < 4.78 is 1.87. The van der Waals surface area contributed by atoms with Crippen LogP contribution in [0, 0.1) is 6.92 Å². The smallest absolute Gasteiger partial charge is 0.150 e. The second-order valence-corrected chi connectivity index (χ2v) is 4.94. The van der Waals surface area contributed by atoms with Gasteiger partial charge in [0.25, 0.3) is 0 Å². The van der Waals surface area contributed by atoms with Crippen LogP contribution >= 0.6 is 0 Å². The van der Waals surface area contributed by atoms with E-state index in [-0.39, 0.29) is 0 Å². The summed E-state index contributed by atoms with van der Waals surface area (Å²) in [5.41, 5.74) is 10.5. The highest BCUT2D eigenvalue weighted by Crippen LogP contribution is 2.27. The van der Waals surface area contributed by atoms with Crippen LogP contribution in [0.3, 0.4) is 0 Å². The first-order valence-corrected chi connectivity index (χ1v) is 6.61. The molecule has 0 aliphatic heterocycles. The molecule has 2 rings (SSSR count). The van der Waals surface area contributed by atoms with Crippen molar-refractivity contribution in [2.75, 3.05) is 17.7 Å². The van der Waals surface area contributed by atoms with E-state index in [2.05, 4.69) is 55.2 Å². The number of nitrogen functional groups attached to an aromatic ring is 1. The van der Waals surface area contributed by atoms with Crippen molar-refractivity contribution in [3.8, 4) is 0 Å². The van der Waals surface area contributed by atoms with Crippen molar-refractivity contribution in [2.45, 2.75) is 26.8 Å². The van der Waals surface area contributed by atoms with Crippen LogP contribution in [0.1, 0.15) is 23.7 Å². The van der Waals surface area contributed by atoms with Crippen LogP contribution in [0.2, 0.25) is 0 Å². The van der Waals surface area contributed by atoms with E-state index in [4.69, 9.17) is 5.73 Å². The van der Waals surface area contributed by atoms with E-state index in [1.807, 2.05) is 11.7 Å². The zero-order valence-corrected chi connectivity index (χ0v) is 12.1. The number of rotatable bonds is 4. The molecule has 0 radical (unpaired) electrons. The van der Waals surface area contributed by atoms with Crippen molar-refractivity contribution in [2.24, 2.45) is 7.05 Å². The Labute approximate surface area is 114 Å². The van der Waals surface area contributed by atoms with Gasteiger partial charge in [-0.1, -0.05) is 31.2 Å². The number of anilines is 2. The molecule has 1 aromatic carbocycles. The Kier molecular flexibility index (Phi) is 3.79. The Balaban J connectivity index is 2.28. The van der Waals surface area contributed by atoms with Crippen LogP contribution in [0.25, 0.3) is 0 Å². The molecule has 1 heterocycles. The summed E-state index contributed by atoms with van der Waals surface area (Å²) in [6.07, 6.45) is 0.859. The lowest BCUT2D eigenvalue weighted by Gasteiger charge is -2.21. The largest absolute Gasteiger partial charge is 0.394 e. The monoisotopic (exact) mass is 258 g/mol. The highest BCUT2D eigenvalue weighted by molar-refractivity contribution is 5.66. The summed E-state index contributed by atoms with van der Waals surface area (Å²) >= 11 is 0. The molecule has 4 heteroatoms. The fraction of sp³-hybridized carbons (Fsp3) is 0.400. The van der Waals surface area contributed by atoms with Crippen molar-refractivity contribution in [1.82, 2.24) is 9.78 Å². The molecule has 0 bridgehead atoms. The normalized spacial score (nSPS) is 10.7. The SMILES string of the molecule is CCc1nn(C)c(N(C)Cc2ccccc2C)c1N. The van der Waals surface area contributed by atoms with Gasteiger partial charge < -0.3 is 10.6 Å². The van der Waals surface area contributed by atoms with E-state index in [9.17, 15) is 0 Å². The van der Waals surface area contributed by atoms with E-state index in [0.29, 0.717) is 0 Å². The molecule has 0 saturated carbocycles. The standard InChI is InChI=1S/C15H22N4/c1-5-13-14(16)15(19(4)17-13)18(3)10-12-9-7-6-8-11(12)2/h6-9H,5,10,16H2,1-4H3. The molecule has 0 unspecified atom stereocenters. The maximum absolute atomic E-state index is 6.18. The molecule has 0 spiro atoms. The highest BCUT2D eigenvalue weighted by Gasteiger charge is 2.16. The van der Waals surface area contributed by atoms with Gasteiger partial charge in [0.05, 0.1) is 11.4 Å². The van der Waals surface area contributed by atoms with Crippen LogP contribution in [0.15, 0.2) is 24.3 Å². The number of aromatic nitrogens is 2. The van der Waals surface area contributed by atoms with E-state index in [0.717, 1.165) is 30.2 Å². The highest BCUT2D eigenvalue weighted by atomic mass is 15.4. The molecular weight excluding hydrogens is 236 g/mol. The summed E-state index contributed by atoms with van der Waals surface area (Å²) in [7, 11) is 4.00. The summed E-state index contributed by atoms with van der Waals surface area (Å²) in [6, 6.07) is 8.42. The molecule has 0 atom stereocenters. The first kappa shape index (κ1) is 13.5. The maximum Gasteiger partial charge on any atom is 0.150 e. The molecule has 0 aliphatic carbocycles. The molecule has 0 fully saturated rings. The summed E-state index contributed by atoms with van der Waals surface area (Å²) in [4.78, 5) is 2.16. The molecule has 0 saturated heterocycles. The van der Waals surface area contributed by atoms with Gasteiger partial charge in [-0.2, -0.15) is 5.10 Å². The van der Waals surface area contributed by atoms with Gasteiger partial charge in [-0.05, 0) is 24.5 Å². The van der Waals surface area contributed by atoms with Crippen LogP contribution in [0.4, 0.5) is 11.5 Å². The zero-order valence-electron chi connectivity index (χ0n) is 12.1. The van der Waals surface area contributed by atoms with Crippen molar-refractivity contribution in [3.05, 3.63) is 41.1 Å². The minimum absolute atomic E-state index is 0.793. The fourth-order valence-electron chi connectivity index (χ4n) is 2.42. The Morgan fingerprint density at radius 2 is 2.00 bits per heavy atom. The number of hydrogen-bond donors (Lipinski definition) is 1. The first-order valence-electron chi connectivity index (χ1n) is 6.61. The van der Waals surface area contributed by atoms with Crippen LogP contribution in [-0.2, 0) is 20.0 Å². The summed E-state index contributed by atoms with van der Waals surface area (Å²) in [6.45, 7) is 5.04. The average Bonchev–Trinajstić information content (AvgIpc) is 2.67. The molecule has 4 nitrogen and oxygen atoms in total. The number of nitrogens with two attached hydrogens (primary N) is 1. The Morgan fingerprint density at radius 1 is 1.32 bits per heavy atom.